The first kappa shape index (κ1) is 22.8. The predicted octanol–water partition coefficient (Wildman–Crippen LogP) is 2.91. The Morgan fingerprint density at radius 1 is 1.07 bits per heavy atom. The van der Waals surface area contributed by atoms with Crippen LogP contribution >= 0.6 is 0 Å². The summed E-state index contributed by atoms with van der Waals surface area (Å²) in [6.07, 6.45) is 0. The van der Waals surface area contributed by atoms with Crippen LogP contribution in [0.3, 0.4) is 0 Å². The number of hydrogen-bond donors (Lipinski definition) is 3. The molecule has 6 nitrogen and oxygen atoms in total. The van der Waals surface area contributed by atoms with Gasteiger partial charge in [0.05, 0.1) is 12.3 Å². The van der Waals surface area contributed by atoms with Crippen LogP contribution in [-0.4, -0.2) is 27.0 Å². The van der Waals surface area contributed by atoms with Crippen LogP contribution in [0.25, 0.3) is 0 Å². The molecule has 2 rings (SSSR count). The van der Waals surface area contributed by atoms with E-state index < -0.39 is 10.0 Å². The molecule has 0 bridgehead atoms. The topological polar surface area (TPSA) is 82.6 Å². The molecule has 0 heterocycles. The van der Waals surface area contributed by atoms with E-state index in [0.717, 1.165) is 16.7 Å². The molecule has 3 N–H and O–H groups in total. The van der Waals surface area contributed by atoms with E-state index in [0.29, 0.717) is 25.6 Å². The van der Waals surface area contributed by atoms with Crippen LogP contribution in [0, 0.1) is 5.82 Å². The molecule has 0 spiro atoms. The molecule has 0 saturated heterocycles. The van der Waals surface area contributed by atoms with Crippen molar-refractivity contribution in [1.29, 1.82) is 0 Å². The molecule has 29 heavy (non-hydrogen) atoms. The summed E-state index contributed by atoms with van der Waals surface area (Å²) in [5, 5.41) is 6.36. The Kier molecular flexibility index (Phi) is 8.60. The zero-order valence-electron chi connectivity index (χ0n) is 17.1. The lowest BCUT2D eigenvalue weighted by Crippen LogP contribution is -2.37. The molecule has 158 valence electrons. The Morgan fingerprint density at radius 2 is 1.79 bits per heavy atom. The number of nitrogens with zero attached hydrogens (tertiary/aromatic N) is 1. The average Bonchev–Trinajstić information content (AvgIpc) is 2.63. The van der Waals surface area contributed by atoms with Crippen molar-refractivity contribution in [2.45, 2.75) is 45.7 Å². The van der Waals surface area contributed by atoms with E-state index in [4.69, 9.17) is 0 Å². The summed E-state index contributed by atoms with van der Waals surface area (Å²) in [7, 11) is -3.41. The van der Waals surface area contributed by atoms with Crippen LogP contribution in [0.4, 0.5) is 4.39 Å². The van der Waals surface area contributed by atoms with E-state index in [2.05, 4.69) is 20.3 Å². The first-order chi connectivity index (χ1) is 13.8. The number of hydrogen-bond acceptors (Lipinski definition) is 3. The van der Waals surface area contributed by atoms with Crippen molar-refractivity contribution < 1.29 is 12.8 Å². The molecule has 0 aliphatic rings. The highest BCUT2D eigenvalue weighted by Gasteiger charge is 2.15. The standard InChI is InChI=1S/C21H29FN4O2S/c1-4-23-21(24-13-17-8-7-11-20(22)12-17)25-14-18-9-5-6-10-19(18)15-29(27,28)26-16(2)3/h5-12,16,26H,4,13-15H2,1-3H3,(H2,23,24,25). The third-order valence-corrected chi connectivity index (χ3v) is 5.50. The molecule has 8 heteroatoms. The molecule has 0 fully saturated rings. The maximum Gasteiger partial charge on any atom is 0.216 e. The molecule has 0 aromatic heterocycles. The molecule has 0 saturated carbocycles. The molecule has 2 aromatic carbocycles. The minimum Gasteiger partial charge on any atom is -0.357 e. The number of benzene rings is 2. The Labute approximate surface area is 172 Å². The van der Waals surface area contributed by atoms with Crippen LogP contribution < -0.4 is 15.4 Å². The number of nitrogens with one attached hydrogen (secondary N) is 3. The lowest BCUT2D eigenvalue weighted by Gasteiger charge is -2.15. The minimum atomic E-state index is -3.41. The van der Waals surface area contributed by atoms with Gasteiger partial charge in [-0.25, -0.2) is 22.5 Å². The number of aliphatic imine (C=N–C) groups is 1. The second-order valence-electron chi connectivity index (χ2n) is 6.98. The van der Waals surface area contributed by atoms with Gasteiger partial charge in [-0.05, 0) is 49.6 Å². The van der Waals surface area contributed by atoms with E-state index in [9.17, 15) is 12.8 Å². The quantitative estimate of drug-likeness (QED) is 0.430. The number of rotatable bonds is 9. The molecule has 0 unspecified atom stereocenters. The SMILES string of the molecule is CCNC(=NCc1cccc(F)c1)NCc1ccccc1CS(=O)(=O)NC(C)C. The van der Waals surface area contributed by atoms with E-state index in [1.807, 2.05) is 37.3 Å². The predicted molar refractivity (Wildman–Crippen MR) is 115 cm³/mol. The van der Waals surface area contributed by atoms with Crippen molar-refractivity contribution >= 4 is 16.0 Å². The van der Waals surface area contributed by atoms with Crippen LogP contribution in [-0.2, 0) is 28.9 Å². The summed E-state index contributed by atoms with van der Waals surface area (Å²) in [5.41, 5.74) is 2.38. The monoisotopic (exact) mass is 420 g/mol. The fourth-order valence-corrected chi connectivity index (χ4v) is 4.30. The van der Waals surface area contributed by atoms with Crippen molar-refractivity contribution in [2.24, 2.45) is 4.99 Å². The van der Waals surface area contributed by atoms with E-state index in [1.165, 1.54) is 12.1 Å². The second kappa shape index (κ2) is 10.9. The zero-order chi connectivity index (χ0) is 21.3. The van der Waals surface area contributed by atoms with Gasteiger partial charge >= 0.3 is 0 Å². The maximum absolute atomic E-state index is 13.3. The summed E-state index contributed by atoms with van der Waals surface area (Å²) >= 11 is 0. The Morgan fingerprint density at radius 3 is 2.45 bits per heavy atom. The van der Waals surface area contributed by atoms with Gasteiger partial charge in [-0.15, -0.1) is 0 Å². The number of halogens is 1. The molecule has 0 atom stereocenters. The number of sulfonamides is 1. The van der Waals surface area contributed by atoms with Gasteiger partial charge in [0.1, 0.15) is 5.82 Å². The number of guanidine groups is 1. The maximum atomic E-state index is 13.3. The fraction of sp³-hybridized carbons (Fsp3) is 0.381. The Balaban J connectivity index is 2.08. The third-order valence-electron chi connectivity index (χ3n) is 3.98. The van der Waals surface area contributed by atoms with Crippen molar-refractivity contribution in [1.82, 2.24) is 15.4 Å². The smallest absolute Gasteiger partial charge is 0.216 e. The largest absolute Gasteiger partial charge is 0.357 e. The summed E-state index contributed by atoms with van der Waals surface area (Å²) < 4.78 is 40.5. The van der Waals surface area contributed by atoms with E-state index in [-0.39, 0.29) is 17.6 Å². The van der Waals surface area contributed by atoms with Gasteiger partial charge in [-0.3, -0.25) is 0 Å². The summed E-state index contributed by atoms with van der Waals surface area (Å²) in [5.74, 6) is 0.204. The molecule has 0 aliphatic heterocycles. The third kappa shape index (κ3) is 8.21. The lowest BCUT2D eigenvalue weighted by molar-refractivity contribution is 0.568. The summed E-state index contributed by atoms with van der Waals surface area (Å²) in [4.78, 5) is 4.48. The molecule has 0 aliphatic carbocycles. The van der Waals surface area contributed by atoms with Gasteiger partial charge in [0, 0.05) is 19.1 Å². The van der Waals surface area contributed by atoms with E-state index >= 15 is 0 Å². The van der Waals surface area contributed by atoms with Crippen LogP contribution in [0.2, 0.25) is 0 Å². The minimum absolute atomic E-state index is 0.0833. The van der Waals surface area contributed by atoms with Gasteiger partial charge in [-0.1, -0.05) is 36.4 Å². The lowest BCUT2D eigenvalue weighted by atomic mass is 10.1. The molecular formula is C21H29FN4O2S. The highest BCUT2D eigenvalue weighted by atomic mass is 32.2. The second-order valence-corrected chi connectivity index (χ2v) is 8.73. The highest BCUT2D eigenvalue weighted by molar-refractivity contribution is 7.88. The molecular weight excluding hydrogens is 391 g/mol. The van der Waals surface area contributed by atoms with Crippen molar-refractivity contribution in [2.75, 3.05) is 6.54 Å². The van der Waals surface area contributed by atoms with Crippen molar-refractivity contribution in [3.63, 3.8) is 0 Å². The van der Waals surface area contributed by atoms with Gasteiger partial charge in [0.2, 0.25) is 10.0 Å². The molecule has 2 aromatic rings. The van der Waals surface area contributed by atoms with Crippen molar-refractivity contribution in [3.8, 4) is 0 Å². The van der Waals surface area contributed by atoms with Gasteiger partial charge < -0.3 is 10.6 Å². The van der Waals surface area contributed by atoms with Gasteiger partial charge in [0.15, 0.2) is 5.96 Å². The normalized spacial score (nSPS) is 12.2. The zero-order valence-corrected chi connectivity index (χ0v) is 17.9. The first-order valence-corrected chi connectivity index (χ1v) is 11.3. The summed E-state index contributed by atoms with van der Waals surface area (Å²) in [6, 6.07) is 13.6. The Bertz CT molecular complexity index is 930. The van der Waals surface area contributed by atoms with E-state index in [1.54, 1.807) is 19.9 Å². The fourth-order valence-electron chi connectivity index (χ4n) is 2.80. The van der Waals surface area contributed by atoms with Crippen LogP contribution in [0.15, 0.2) is 53.5 Å². The summed E-state index contributed by atoms with van der Waals surface area (Å²) in [6.45, 7) is 6.97. The van der Waals surface area contributed by atoms with Crippen molar-refractivity contribution in [3.05, 3.63) is 71.0 Å². The highest BCUT2D eigenvalue weighted by Crippen LogP contribution is 2.12. The first-order valence-electron chi connectivity index (χ1n) is 9.62. The van der Waals surface area contributed by atoms with Gasteiger partial charge in [0.25, 0.3) is 0 Å². The average molecular weight is 421 g/mol. The Hall–Kier alpha value is -2.45. The van der Waals surface area contributed by atoms with Gasteiger partial charge in [-0.2, -0.15) is 0 Å². The van der Waals surface area contributed by atoms with Crippen LogP contribution in [0.1, 0.15) is 37.5 Å². The van der Waals surface area contributed by atoms with Crippen LogP contribution in [0.5, 0.6) is 0 Å². The molecule has 0 radical (unpaired) electrons. The molecule has 0 amide bonds.